The van der Waals surface area contributed by atoms with Crippen LogP contribution in [0.1, 0.15) is 114 Å². The fourth-order valence-corrected chi connectivity index (χ4v) is 11.2. The molecule has 2 saturated heterocycles. The van der Waals surface area contributed by atoms with Crippen molar-refractivity contribution >= 4 is 5.78 Å². The molecule has 5 nitrogen and oxygen atoms in total. The lowest BCUT2D eigenvalue weighted by molar-refractivity contribution is -0.168. The molecule has 0 N–H and O–H groups in total. The van der Waals surface area contributed by atoms with E-state index in [1.165, 1.54) is 25.7 Å². The Kier molecular flexibility index (Phi) is 6.79. The normalized spacial score (nSPS) is 51.7. The highest BCUT2D eigenvalue weighted by atomic mass is 16.8. The third-order valence-electron chi connectivity index (χ3n) is 13.3. The Labute approximate surface area is 237 Å². The average Bonchev–Trinajstić information content (AvgIpc) is 3.45. The second kappa shape index (κ2) is 9.25. The molecule has 0 aromatic rings. The lowest BCUT2D eigenvalue weighted by atomic mass is 9.44. The van der Waals surface area contributed by atoms with Crippen LogP contribution < -0.4 is 0 Å². The summed E-state index contributed by atoms with van der Waals surface area (Å²) in [5, 5.41) is 0. The molecule has 0 bridgehead atoms. The van der Waals surface area contributed by atoms with Crippen molar-refractivity contribution in [3.05, 3.63) is 0 Å². The van der Waals surface area contributed by atoms with E-state index < -0.39 is 11.6 Å². The Morgan fingerprint density at radius 1 is 0.744 bits per heavy atom. The lowest BCUT2D eigenvalue weighted by Gasteiger charge is -2.61. The highest BCUT2D eigenvalue weighted by molar-refractivity contribution is 5.83. The lowest BCUT2D eigenvalue weighted by Crippen LogP contribution is -2.59. The van der Waals surface area contributed by atoms with Gasteiger partial charge in [-0.3, -0.25) is 4.79 Å². The highest BCUT2D eigenvalue weighted by Gasteiger charge is 2.65. The average molecular weight is 545 g/mol. The number of Topliss-reactive ketones (excluding diaryl/α,β-unsaturated/α-hetero) is 1. The maximum Gasteiger partial charge on any atom is 0.163 e. The summed E-state index contributed by atoms with van der Waals surface area (Å²) >= 11 is 0. The van der Waals surface area contributed by atoms with Gasteiger partial charge in [-0.2, -0.15) is 0 Å². The van der Waals surface area contributed by atoms with E-state index in [1.807, 2.05) is 13.8 Å². The smallest absolute Gasteiger partial charge is 0.163 e. The monoisotopic (exact) mass is 544 g/mol. The molecule has 0 spiro atoms. The number of fused-ring (bicyclic) bond motifs is 6. The molecule has 2 aliphatic heterocycles. The number of carbonyl (C=O) groups is 1. The van der Waals surface area contributed by atoms with Crippen LogP contribution in [0.4, 0.5) is 0 Å². The largest absolute Gasteiger partial charge is 0.345 e. The molecule has 4 saturated carbocycles. The molecule has 0 aromatic heterocycles. The number of rotatable bonds is 4. The van der Waals surface area contributed by atoms with Crippen molar-refractivity contribution < 1.29 is 23.7 Å². The van der Waals surface area contributed by atoms with Crippen molar-refractivity contribution in [1.29, 1.82) is 0 Å². The first kappa shape index (κ1) is 28.6. The molecule has 6 aliphatic rings. The van der Waals surface area contributed by atoms with Gasteiger partial charge in [0.05, 0.1) is 24.4 Å². The predicted octanol–water partition coefficient (Wildman–Crippen LogP) is 7.40. The fourth-order valence-electron chi connectivity index (χ4n) is 11.2. The minimum atomic E-state index is -0.535. The zero-order valence-corrected chi connectivity index (χ0v) is 26.4. The Morgan fingerprint density at radius 3 is 2.05 bits per heavy atom. The molecule has 2 heterocycles. The summed E-state index contributed by atoms with van der Waals surface area (Å²) in [5.41, 5.74) is 0.290. The van der Waals surface area contributed by atoms with E-state index in [0.717, 1.165) is 19.3 Å². The van der Waals surface area contributed by atoms with Gasteiger partial charge in [0.1, 0.15) is 5.78 Å². The standard InChI is InChI=1S/C34H56O5/c1-18(2)19(3)29-30(39-32(7,8)38-29)20(4)22-11-12-23-21-15-26(35)25-16-27-28(37-31(5,6)36-27)17-34(25,10)24(21)13-14-33(22,23)9/h18-25,27-30H,11-17H2,1-10H3/t19-,20+,21+,22-,23+,24+,25-,27+,28-,29-,30-,33-,34-/m1/s1. The van der Waals surface area contributed by atoms with E-state index in [1.54, 1.807) is 0 Å². The van der Waals surface area contributed by atoms with Crippen molar-refractivity contribution in [2.24, 2.45) is 58.2 Å². The van der Waals surface area contributed by atoms with Crippen LogP contribution in [-0.4, -0.2) is 41.8 Å². The van der Waals surface area contributed by atoms with E-state index in [2.05, 4.69) is 55.4 Å². The molecular formula is C34H56O5. The van der Waals surface area contributed by atoms with Crippen LogP contribution in [0, 0.1) is 58.2 Å². The van der Waals surface area contributed by atoms with Crippen LogP contribution in [0.3, 0.4) is 0 Å². The SMILES string of the molecule is CC(C)[C@@H](C)[C@H]1OC(C)(C)O[C@@H]1[C@@H](C)[C@H]1CC[C@H]2[C@@H]3CC(=O)[C@H]4C[C@@H]5OC(C)(C)O[C@@H]5C[C@]4(C)[C@H]3CC[C@]12C. The van der Waals surface area contributed by atoms with Crippen LogP contribution in [-0.2, 0) is 23.7 Å². The van der Waals surface area contributed by atoms with Crippen LogP contribution in [0.15, 0.2) is 0 Å². The summed E-state index contributed by atoms with van der Waals surface area (Å²) in [6, 6.07) is 0. The van der Waals surface area contributed by atoms with Gasteiger partial charge in [0.2, 0.25) is 0 Å². The van der Waals surface area contributed by atoms with Gasteiger partial charge in [-0.05, 0) is 118 Å². The van der Waals surface area contributed by atoms with Gasteiger partial charge in [-0.1, -0.05) is 41.5 Å². The zero-order valence-electron chi connectivity index (χ0n) is 26.4. The molecule has 13 atom stereocenters. The summed E-state index contributed by atoms with van der Waals surface area (Å²) in [6.07, 6.45) is 8.06. The number of ether oxygens (including phenoxy) is 4. The first-order valence-electron chi connectivity index (χ1n) is 16.3. The Bertz CT molecular complexity index is 973. The van der Waals surface area contributed by atoms with Gasteiger partial charge >= 0.3 is 0 Å². The molecule has 0 amide bonds. The molecule has 4 aliphatic carbocycles. The van der Waals surface area contributed by atoms with Gasteiger partial charge in [0.25, 0.3) is 0 Å². The number of carbonyl (C=O) groups excluding carboxylic acids is 1. The van der Waals surface area contributed by atoms with Gasteiger partial charge in [-0.15, -0.1) is 0 Å². The molecule has 6 fully saturated rings. The summed E-state index contributed by atoms with van der Waals surface area (Å²) in [7, 11) is 0. The maximum atomic E-state index is 13.9. The molecule has 6 rings (SSSR count). The number of ketones is 1. The van der Waals surface area contributed by atoms with Crippen LogP contribution >= 0.6 is 0 Å². The second-order valence-electron chi connectivity index (χ2n) is 16.5. The predicted molar refractivity (Wildman–Crippen MR) is 152 cm³/mol. The minimum Gasteiger partial charge on any atom is -0.345 e. The van der Waals surface area contributed by atoms with Crippen LogP contribution in [0.2, 0.25) is 0 Å². The van der Waals surface area contributed by atoms with Gasteiger partial charge in [-0.25, -0.2) is 0 Å². The third kappa shape index (κ3) is 4.41. The maximum absolute atomic E-state index is 13.9. The van der Waals surface area contributed by atoms with Gasteiger partial charge < -0.3 is 18.9 Å². The Morgan fingerprint density at radius 2 is 1.36 bits per heavy atom. The van der Waals surface area contributed by atoms with Crippen LogP contribution in [0.5, 0.6) is 0 Å². The highest BCUT2D eigenvalue weighted by Crippen LogP contribution is 2.68. The summed E-state index contributed by atoms with van der Waals surface area (Å²) < 4.78 is 25.9. The zero-order chi connectivity index (χ0) is 28.3. The molecule has 39 heavy (non-hydrogen) atoms. The van der Waals surface area contributed by atoms with E-state index in [0.29, 0.717) is 47.2 Å². The molecule has 5 heteroatoms. The third-order valence-corrected chi connectivity index (χ3v) is 13.3. The van der Waals surface area contributed by atoms with Crippen LogP contribution in [0.25, 0.3) is 0 Å². The second-order valence-corrected chi connectivity index (χ2v) is 16.5. The topological polar surface area (TPSA) is 54.0 Å². The number of hydrogen-bond donors (Lipinski definition) is 0. The molecule has 222 valence electrons. The molecule has 0 aromatic carbocycles. The Balaban J connectivity index is 1.24. The quantitative estimate of drug-likeness (QED) is 0.369. The number of hydrogen-bond acceptors (Lipinski definition) is 5. The van der Waals surface area contributed by atoms with E-state index in [4.69, 9.17) is 18.9 Å². The Hall–Kier alpha value is -0.490. The fraction of sp³-hybridized carbons (Fsp3) is 0.971. The van der Waals surface area contributed by atoms with Crippen molar-refractivity contribution in [2.45, 2.75) is 150 Å². The first-order chi connectivity index (χ1) is 18.1. The summed E-state index contributed by atoms with van der Waals surface area (Å²) in [4.78, 5) is 13.9. The molecular weight excluding hydrogens is 488 g/mol. The summed E-state index contributed by atoms with van der Waals surface area (Å²) in [5.74, 6) is 3.37. The van der Waals surface area contributed by atoms with Gasteiger partial charge in [0, 0.05) is 12.3 Å². The molecule has 0 unspecified atom stereocenters. The van der Waals surface area contributed by atoms with Crippen molar-refractivity contribution in [1.82, 2.24) is 0 Å². The van der Waals surface area contributed by atoms with Gasteiger partial charge in [0.15, 0.2) is 11.6 Å². The van der Waals surface area contributed by atoms with E-state index in [9.17, 15) is 4.79 Å². The van der Waals surface area contributed by atoms with Crippen molar-refractivity contribution in [3.63, 3.8) is 0 Å². The van der Waals surface area contributed by atoms with Crippen molar-refractivity contribution in [3.8, 4) is 0 Å². The van der Waals surface area contributed by atoms with E-state index in [-0.39, 0.29) is 41.2 Å². The van der Waals surface area contributed by atoms with Crippen molar-refractivity contribution in [2.75, 3.05) is 0 Å². The summed E-state index contributed by atoms with van der Waals surface area (Å²) in [6.45, 7) is 22.7. The van der Waals surface area contributed by atoms with E-state index >= 15 is 0 Å². The minimum absolute atomic E-state index is 0.0280. The molecule has 0 radical (unpaired) electrons. The first-order valence-corrected chi connectivity index (χ1v) is 16.3.